The van der Waals surface area contributed by atoms with E-state index in [1.54, 1.807) is 42.5 Å². The number of ketones is 1. The van der Waals surface area contributed by atoms with Crippen molar-refractivity contribution in [1.82, 2.24) is 0 Å². The summed E-state index contributed by atoms with van der Waals surface area (Å²) in [6, 6.07) is 13.5. The third-order valence-corrected chi connectivity index (χ3v) is 3.11. The fourth-order valence-electron chi connectivity index (χ4n) is 1.66. The van der Waals surface area contributed by atoms with Crippen LogP contribution in [0.5, 0.6) is 0 Å². The topological polar surface area (TPSA) is 55.4 Å². The second-order valence-corrected chi connectivity index (χ2v) is 4.64. The van der Waals surface area contributed by atoms with E-state index in [1.807, 2.05) is 6.07 Å². The molecule has 0 fully saturated rings. The standard InChI is InChI=1S/C14H10Cl2N2O/c15-10-6-7-11(12(16)8-10)13(18-17)14(19)9-4-2-1-3-5-9/h1-8H,17H2. The summed E-state index contributed by atoms with van der Waals surface area (Å²) >= 11 is 11.9. The lowest BCUT2D eigenvalue weighted by molar-refractivity contribution is 0.106. The molecule has 0 heterocycles. The van der Waals surface area contributed by atoms with Crippen molar-refractivity contribution < 1.29 is 4.79 Å². The molecule has 2 rings (SSSR count). The zero-order chi connectivity index (χ0) is 13.8. The molecule has 0 saturated heterocycles. The maximum absolute atomic E-state index is 12.3. The molecule has 0 aliphatic heterocycles. The van der Waals surface area contributed by atoms with Crippen LogP contribution in [0.25, 0.3) is 0 Å². The van der Waals surface area contributed by atoms with Gasteiger partial charge in [-0.1, -0.05) is 53.5 Å². The van der Waals surface area contributed by atoms with Gasteiger partial charge < -0.3 is 5.84 Å². The van der Waals surface area contributed by atoms with Gasteiger partial charge in [-0.2, -0.15) is 5.10 Å². The third kappa shape index (κ3) is 2.95. The zero-order valence-electron chi connectivity index (χ0n) is 9.81. The Morgan fingerprint density at radius 3 is 2.32 bits per heavy atom. The van der Waals surface area contributed by atoms with Gasteiger partial charge in [0.25, 0.3) is 0 Å². The Balaban J connectivity index is 2.44. The highest BCUT2D eigenvalue weighted by Gasteiger charge is 2.18. The van der Waals surface area contributed by atoms with Gasteiger partial charge >= 0.3 is 0 Å². The predicted octanol–water partition coefficient (Wildman–Crippen LogP) is 3.54. The Morgan fingerprint density at radius 2 is 1.74 bits per heavy atom. The quantitative estimate of drug-likeness (QED) is 0.407. The second-order valence-electron chi connectivity index (χ2n) is 3.80. The van der Waals surface area contributed by atoms with E-state index in [-0.39, 0.29) is 11.5 Å². The molecule has 2 aromatic rings. The Labute approximate surface area is 120 Å². The first-order chi connectivity index (χ1) is 9.13. The molecule has 2 aromatic carbocycles. The summed E-state index contributed by atoms with van der Waals surface area (Å²) in [5.74, 6) is 5.04. The van der Waals surface area contributed by atoms with Gasteiger partial charge in [-0.25, -0.2) is 0 Å². The highest BCUT2D eigenvalue weighted by Crippen LogP contribution is 2.22. The smallest absolute Gasteiger partial charge is 0.213 e. The lowest BCUT2D eigenvalue weighted by atomic mass is 10.0. The van der Waals surface area contributed by atoms with Crippen LogP contribution < -0.4 is 5.84 Å². The molecule has 0 amide bonds. The predicted molar refractivity (Wildman–Crippen MR) is 78.0 cm³/mol. The molecule has 0 radical (unpaired) electrons. The van der Waals surface area contributed by atoms with E-state index in [0.717, 1.165) is 0 Å². The van der Waals surface area contributed by atoms with E-state index < -0.39 is 0 Å². The lowest BCUT2D eigenvalue weighted by Gasteiger charge is -2.07. The molecule has 3 nitrogen and oxygen atoms in total. The van der Waals surface area contributed by atoms with Crippen LogP contribution in [0.2, 0.25) is 10.0 Å². The van der Waals surface area contributed by atoms with Crippen LogP contribution in [-0.2, 0) is 0 Å². The number of hydrogen-bond acceptors (Lipinski definition) is 3. The van der Waals surface area contributed by atoms with Gasteiger partial charge in [-0.3, -0.25) is 4.79 Å². The molecule has 0 aliphatic rings. The van der Waals surface area contributed by atoms with Gasteiger partial charge in [0, 0.05) is 16.1 Å². The molecule has 19 heavy (non-hydrogen) atoms. The molecule has 0 saturated carbocycles. The minimum Gasteiger partial charge on any atom is -0.323 e. The average molecular weight is 293 g/mol. The Hall–Kier alpha value is -1.84. The number of hydrazone groups is 1. The maximum Gasteiger partial charge on any atom is 0.213 e. The summed E-state index contributed by atoms with van der Waals surface area (Å²) < 4.78 is 0. The van der Waals surface area contributed by atoms with Gasteiger partial charge in [0.05, 0.1) is 5.02 Å². The molecule has 2 N–H and O–H groups in total. The number of Topliss-reactive ketones (excluding diaryl/α,β-unsaturated/α-hetero) is 1. The molecular formula is C14H10Cl2N2O. The third-order valence-electron chi connectivity index (χ3n) is 2.57. The molecule has 96 valence electrons. The molecule has 0 aromatic heterocycles. The molecule has 0 spiro atoms. The Kier molecular flexibility index (Phi) is 4.20. The summed E-state index contributed by atoms with van der Waals surface area (Å²) in [6.07, 6.45) is 0. The highest BCUT2D eigenvalue weighted by molar-refractivity contribution is 6.54. The molecule has 0 bridgehead atoms. The number of hydrogen-bond donors (Lipinski definition) is 1. The lowest BCUT2D eigenvalue weighted by Crippen LogP contribution is -2.18. The summed E-state index contributed by atoms with van der Waals surface area (Å²) in [5.41, 5.74) is 1.06. The summed E-state index contributed by atoms with van der Waals surface area (Å²) in [5, 5.41) is 4.38. The molecule has 0 unspecified atom stereocenters. The van der Waals surface area contributed by atoms with Crippen molar-refractivity contribution in [3.8, 4) is 0 Å². The molecule has 0 atom stereocenters. The number of carbonyl (C=O) groups is 1. The summed E-state index contributed by atoms with van der Waals surface area (Å²) in [7, 11) is 0. The van der Waals surface area contributed by atoms with Gasteiger partial charge in [0.15, 0.2) is 0 Å². The first kappa shape index (κ1) is 13.6. The van der Waals surface area contributed by atoms with Crippen LogP contribution in [0, 0.1) is 0 Å². The zero-order valence-corrected chi connectivity index (χ0v) is 11.3. The number of rotatable bonds is 3. The SMILES string of the molecule is NN=C(C(=O)c1ccccc1)c1ccc(Cl)cc1Cl. The fraction of sp³-hybridized carbons (Fsp3) is 0. The van der Waals surface area contributed by atoms with Gasteiger partial charge in [0.1, 0.15) is 5.71 Å². The van der Waals surface area contributed by atoms with E-state index in [9.17, 15) is 4.79 Å². The van der Waals surface area contributed by atoms with Gasteiger partial charge in [-0.05, 0) is 18.2 Å². The average Bonchev–Trinajstić information content (AvgIpc) is 2.42. The van der Waals surface area contributed by atoms with E-state index in [4.69, 9.17) is 29.0 Å². The Morgan fingerprint density at radius 1 is 1.05 bits per heavy atom. The molecule has 5 heteroatoms. The second kappa shape index (κ2) is 5.87. The first-order valence-corrected chi connectivity index (χ1v) is 6.22. The maximum atomic E-state index is 12.3. The normalized spacial score (nSPS) is 11.4. The molecular weight excluding hydrogens is 283 g/mol. The monoisotopic (exact) mass is 292 g/mol. The number of nitrogens with zero attached hydrogens (tertiary/aromatic N) is 1. The van der Waals surface area contributed by atoms with Crippen LogP contribution in [0.15, 0.2) is 53.6 Å². The van der Waals surface area contributed by atoms with Crippen LogP contribution >= 0.6 is 23.2 Å². The van der Waals surface area contributed by atoms with Crippen molar-refractivity contribution in [2.24, 2.45) is 10.9 Å². The van der Waals surface area contributed by atoms with Crippen LogP contribution in [0.4, 0.5) is 0 Å². The van der Waals surface area contributed by atoms with Crippen molar-refractivity contribution in [2.75, 3.05) is 0 Å². The Bertz CT molecular complexity index is 639. The van der Waals surface area contributed by atoms with E-state index >= 15 is 0 Å². The van der Waals surface area contributed by atoms with Crippen molar-refractivity contribution >= 4 is 34.7 Å². The minimum atomic E-state index is -0.285. The van der Waals surface area contributed by atoms with Crippen molar-refractivity contribution in [2.45, 2.75) is 0 Å². The van der Waals surface area contributed by atoms with Crippen molar-refractivity contribution in [1.29, 1.82) is 0 Å². The van der Waals surface area contributed by atoms with Gasteiger partial charge in [0.2, 0.25) is 5.78 Å². The molecule has 0 aliphatic carbocycles. The van der Waals surface area contributed by atoms with Crippen molar-refractivity contribution in [3.63, 3.8) is 0 Å². The largest absolute Gasteiger partial charge is 0.323 e. The van der Waals surface area contributed by atoms with Crippen molar-refractivity contribution in [3.05, 3.63) is 69.7 Å². The van der Waals surface area contributed by atoms with E-state index in [1.165, 1.54) is 0 Å². The number of halogens is 2. The summed E-state index contributed by atoms with van der Waals surface area (Å²) in [6.45, 7) is 0. The number of benzene rings is 2. The van der Waals surface area contributed by atoms with E-state index in [2.05, 4.69) is 5.10 Å². The van der Waals surface area contributed by atoms with Crippen LogP contribution in [-0.4, -0.2) is 11.5 Å². The van der Waals surface area contributed by atoms with Gasteiger partial charge in [-0.15, -0.1) is 0 Å². The number of nitrogens with two attached hydrogens (primary N) is 1. The fourth-order valence-corrected chi connectivity index (χ4v) is 2.16. The minimum absolute atomic E-state index is 0.105. The summed E-state index contributed by atoms with van der Waals surface area (Å²) in [4.78, 5) is 12.3. The first-order valence-electron chi connectivity index (χ1n) is 5.46. The van der Waals surface area contributed by atoms with E-state index in [0.29, 0.717) is 21.2 Å². The van der Waals surface area contributed by atoms with Crippen LogP contribution in [0.1, 0.15) is 15.9 Å². The highest BCUT2D eigenvalue weighted by atomic mass is 35.5. The number of carbonyl (C=O) groups excluding carboxylic acids is 1. The van der Waals surface area contributed by atoms with Crippen LogP contribution in [0.3, 0.4) is 0 Å².